The van der Waals surface area contributed by atoms with Crippen molar-refractivity contribution in [2.24, 2.45) is 0 Å². The van der Waals surface area contributed by atoms with Crippen LogP contribution in [0.3, 0.4) is 0 Å². The number of pyridine rings is 1. The van der Waals surface area contributed by atoms with E-state index >= 15 is 0 Å². The average Bonchev–Trinajstić information content (AvgIpc) is 3.01. The first-order chi connectivity index (χ1) is 11.6. The third-order valence-corrected chi connectivity index (χ3v) is 3.15. The minimum absolute atomic E-state index is 0.161. The summed E-state index contributed by atoms with van der Waals surface area (Å²) in [6.07, 6.45) is 1.47. The van der Waals surface area contributed by atoms with Crippen molar-refractivity contribution in [2.75, 3.05) is 0 Å². The Hall–Kier alpha value is -3.33. The van der Waals surface area contributed by atoms with Crippen LogP contribution in [-0.4, -0.2) is 25.2 Å². The summed E-state index contributed by atoms with van der Waals surface area (Å²) in [7, 11) is 0. The van der Waals surface area contributed by atoms with Gasteiger partial charge in [-0.1, -0.05) is 5.16 Å². The molecule has 0 saturated carbocycles. The number of aliphatic hydroxyl groups excluding tert-OH is 1. The fourth-order valence-electron chi connectivity index (χ4n) is 2.04. The van der Waals surface area contributed by atoms with E-state index in [1.807, 2.05) is 0 Å². The van der Waals surface area contributed by atoms with Gasteiger partial charge in [0.05, 0.1) is 23.3 Å². The molecule has 0 aliphatic heterocycles. The summed E-state index contributed by atoms with van der Waals surface area (Å²) in [6, 6.07) is 7.47. The van der Waals surface area contributed by atoms with Gasteiger partial charge in [-0.15, -0.1) is 0 Å². The lowest BCUT2D eigenvalue weighted by atomic mass is 10.2. The molecule has 0 aliphatic rings. The van der Waals surface area contributed by atoms with E-state index in [-0.39, 0.29) is 11.3 Å². The van der Waals surface area contributed by atoms with E-state index in [1.54, 1.807) is 19.1 Å². The Morgan fingerprint density at radius 1 is 1.29 bits per heavy atom. The first kappa shape index (κ1) is 15.6. The Balaban J connectivity index is 1.80. The number of nitro benzene ring substituents is 1. The van der Waals surface area contributed by atoms with E-state index in [1.165, 1.54) is 24.4 Å². The number of aliphatic hydroxyl groups is 1. The lowest BCUT2D eigenvalue weighted by Crippen LogP contribution is -1.96. The molecule has 0 fully saturated rings. The molecule has 0 atom stereocenters. The highest BCUT2D eigenvalue weighted by molar-refractivity contribution is 5.50. The maximum absolute atomic E-state index is 10.8. The smallest absolute Gasteiger partial charge is 0.275 e. The summed E-state index contributed by atoms with van der Waals surface area (Å²) in [4.78, 5) is 18.5. The van der Waals surface area contributed by atoms with Crippen molar-refractivity contribution in [1.82, 2.24) is 15.1 Å². The molecule has 9 nitrogen and oxygen atoms in total. The molecule has 9 heteroatoms. The molecule has 0 radical (unpaired) electrons. The zero-order chi connectivity index (χ0) is 17.1. The first-order valence-corrected chi connectivity index (χ1v) is 6.89. The van der Waals surface area contributed by atoms with Crippen molar-refractivity contribution in [2.45, 2.75) is 13.5 Å². The Morgan fingerprint density at radius 3 is 2.67 bits per heavy atom. The number of nitro groups is 1. The molecule has 3 aromatic rings. The van der Waals surface area contributed by atoms with Crippen LogP contribution in [-0.2, 0) is 6.61 Å². The van der Waals surface area contributed by atoms with Crippen molar-refractivity contribution < 1.29 is 19.3 Å². The Morgan fingerprint density at radius 2 is 2.08 bits per heavy atom. The summed E-state index contributed by atoms with van der Waals surface area (Å²) in [5.74, 6) is 1.60. The van der Waals surface area contributed by atoms with Gasteiger partial charge in [0.1, 0.15) is 17.2 Å². The fourth-order valence-corrected chi connectivity index (χ4v) is 2.04. The molecule has 122 valence electrons. The molecule has 0 unspecified atom stereocenters. The standard InChI is InChI=1S/C15H12N4O5/c1-9-17-15(18-24-9)13-4-2-12(7-16-13)23-11-3-5-14(19(21)22)10(6-11)8-20/h2-7,20H,8H2,1H3. The van der Waals surface area contributed by atoms with Crippen LogP contribution in [0.5, 0.6) is 11.5 Å². The number of ether oxygens (including phenoxy) is 1. The molecule has 0 spiro atoms. The monoisotopic (exact) mass is 328 g/mol. The van der Waals surface area contributed by atoms with Crippen molar-refractivity contribution >= 4 is 5.69 Å². The van der Waals surface area contributed by atoms with Gasteiger partial charge in [-0.3, -0.25) is 10.1 Å². The van der Waals surface area contributed by atoms with E-state index in [0.717, 1.165) is 0 Å². The predicted molar refractivity (Wildman–Crippen MR) is 81.4 cm³/mol. The SMILES string of the molecule is Cc1nc(-c2ccc(Oc3ccc([N+](=O)[O-])c(CO)c3)cn2)no1. The number of nitrogens with zero attached hydrogens (tertiary/aromatic N) is 4. The van der Waals surface area contributed by atoms with Gasteiger partial charge in [0.25, 0.3) is 5.69 Å². The topological polar surface area (TPSA) is 124 Å². The van der Waals surface area contributed by atoms with Crippen LogP contribution in [0.1, 0.15) is 11.5 Å². The summed E-state index contributed by atoms with van der Waals surface area (Å²) in [6.45, 7) is 1.23. The second-order valence-electron chi connectivity index (χ2n) is 4.82. The van der Waals surface area contributed by atoms with Crippen molar-refractivity contribution in [1.29, 1.82) is 0 Å². The molecule has 0 aliphatic carbocycles. The summed E-state index contributed by atoms with van der Waals surface area (Å²) in [5, 5.41) is 23.8. The highest BCUT2D eigenvalue weighted by Gasteiger charge is 2.14. The van der Waals surface area contributed by atoms with Crippen molar-refractivity contribution in [3.8, 4) is 23.0 Å². The molecular formula is C15H12N4O5. The quantitative estimate of drug-likeness (QED) is 0.559. The van der Waals surface area contributed by atoms with Crippen LogP contribution in [0.25, 0.3) is 11.5 Å². The molecule has 1 aromatic carbocycles. The molecule has 0 amide bonds. The second kappa shape index (κ2) is 6.42. The van der Waals surface area contributed by atoms with E-state index in [2.05, 4.69) is 15.1 Å². The third kappa shape index (κ3) is 3.20. The molecule has 0 bridgehead atoms. The van der Waals surface area contributed by atoms with E-state index < -0.39 is 11.5 Å². The van der Waals surface area contributed by atoms with Gasteiger partial charge in [-0.25, -0.2) is 4.98 Å². The Kier molecular flexibility index (Phi) is 4.17. The third-order valence-electron chi connectivity index (χ3n) is 3.15. The minimum Gasteiger partial charge on any atom is -0.456 e. The number of benzene rings is 1. The van der Waals surface area contributed by atoms with Gasteiger partial charge in [0, 0.05) is 13.0 Å². The normalized spacial score (nSPS) is 10.6. The molecular weight excluding hydrogens is 316 g/mol. The summed E-state index contributed by atoms with van der Waals surface area (Å²) < 4.78 is 10.5. The molecule has 24 heavy (non-hydrogen) atoms. The summed E-state index contributed by atoms with van der Waals surface area (Å²) in [5.41, 5.74) is 0.536. The van der Waals surface area contributed by atoms with Crippen LogP contribution < -0.4 is 4.74 Å². The number of aromatic nitrogens is 3. The lowest BCUT2D eigenvalue weighted by Gasteiger charge is -2.07. The van der Waals surface area contributed by atoms with Gasteiger partial charge in [0.15, 0.2) is 0 Å². The van der Waals surface area contributed by atoms with Gasteiger partial charge in [-0.05, 0) is 24.3 Å². The number of aryl methyl sites for hydroxylation is 1. The molecule has 1 N–H and O–H groups in total. The van der Waals surface area contributed by atoms with Crippen LogP contribution in [0.15, 0.2) is 41.1 Å². The van der Waals surface area contributed by atoms with Crippen LogP contribution in [0.2, 0.25) is 0 Å². The number of hydrogen-bond acceptors (Lipinski definition) is 8. The van der Waals surface area contributed by atoms with Crippen LogP contribution in [0.4, 0.5) is 5.69 Å². The Bertz CT molecular complexity index is 876. The fraction of sp³-hybridized carbons (Fsp3) is 0.133. The minimum atomic E-state index is -0.557. The Labute approximate surface area is 135 Å². The van der Waals surface area contributed by atoms with Gasteiger partial charge < -0.3 is 14.4 Å². The highest BCUT2D eigenvalue weighted by atomic mass is 16.6. The zero-order valence-corrected chi connectivity index (χ0v) is 12.5. The zero-order valence-electron chi connectivity index (χ0n) is 12.5. The molecule has 3 rings (SSSR count). The second-order valence-corrected chi connectivity index (χ2v) is 4.82. The lowest BCUT2D eigenvalue weighted by molar-refractivity contribution is -0.385. The number of rotatable bonds is 5. The number of hydrogen-bond donors (Lipinski definition) is 1. The molecule has 0 saturated heterocycles. The summed E-state index contributed by atoms with van der Waals surface area (Å²) >= 11 is 0. The van der Waals surface area contributed by atoms with E-state index in [0.29, 0.717) is 28.9 Å². The average molecular weight is 328 g/mol. The van der Waals surface area contributed by atoms with Crippen molar-refractivity contribution in [3.05, 3.63) is 58.1 Å². The predicted octanol–water partition coefficient (Wildman–Crippen LogP) is 2.63. The first-order valence-electron chi connectivity index (χ1n) is 6.89. The van der Waals surface area contributed by atoms with Gasteiger partial charge in [0.2, 0.25) is 11.7 Å². The van der Waals surface area contributed by atoms with Gasteiger partial charge in [-0.2, -0.15) is 4.98 Å². The van der Waals surface area contributed by atoms with E-state index in [4.69, 9.17) is 9.26 Å². The maximum Gasteiger partial charge on any atom is 0.275 e. The van der Waals surface area contributed by atoms with Gasteiger partial charge >= 0.3 is 0 Å². The highest BCUT2D eigenvalue weighted by Crippen LogP contribution is 2.28. The molecule has 2 heterocycles. The van der Waals surface area contributed by atoms with Crippen LogP contribution >= 0.6 is 0 Å². The maximum atomic E-state index is 10.8. The molecule has 2 aromatic heterocycles. The van der Waals surface area contributed by atoms with Crippen molar-refractivity contribution in [3.63, 3.8) is 0 Å². The van der Waals surface area contributed by atoms with E-state index in [9.17, 15) is 15.2 Å². The van der Waals surface area contributed by atoms with Crippen LogP contribution in [0, 0.1) is 17.0 Å². The largest absolute Gasteiger partial charge is 0.456 e.